The molecule has 1 aromatic heterocycles. The van der Waals surface area contributed by atoms with E-state index in [0.29, 0.717) is 18.4 Å². The minimum absolute atomic E-state index is 0.419. The van der Waals surface area contributed by atoms with Crippen LogP contribution in [0.3, 0.4) is 0 Å². The van der Waals surface area contributed by atoms with Crippen molar-refractivity contribution in [1.82, 2.24) is 10.3 Å². The summed E-state index contributed by atoms with van der Waals surface area (Å²) in [5.41, 5.74) is 2.39. The van der Waals surface area contributed by atoms with Gasteiger partial charge in [-0.3, -0.25) is 0 Å². The van der Waals surface area contributed by atoms with Crippen LogP contribution in [0.25, 0.3) is 0 Å². The maximum Gasteiger partial charge on any atom is 0.213 e. The molecule has 1 aromatic rings. The van der Waals surface area contributed by atoms with Gasteiger partial charge in [-0.25, -0.2) is 4.98 Å². The second-order valence-electron chi connectivity index (χ2n) is 6.59. The minimum Gasteiger partial charge on any atom is -0.477 e. The number of ether oxygens (including phenoxy) is 2. The van der Waals surface area contributed by atoms with Crippen molar-refractivity contribution in [2.75, 3.05) is 19.8 Å². The summed E-state index contributed by atoms with van der Waals surface area (Å²) in [5.74, 6) is 1.70. The van der Waals surface area contributed by atoms with E-state index in [4.69, 9.17) is 9.47 Å². The Balaban J connectivity index is 1.64. The maximum absolute atomic E-state index is 5.92. The third-order valence-corrected chi connectivity index (χ3v) is 4.14. The van der Waals surface area contributed by atoms with Gasteiger partial charge in [0.25, 0.3) is 0 Å². The molecule has 2 aliphatic rings. The number of hydrogen-bond acceptors (Lipinski definition) is 4. The van der Waals surface area contributed by atoms with E-state index in [-0.39, 0.29) is 0 Å². The van der Waals surface area contributed by atoms with Crippen LogP contribution in [0.1, 0.15) is 50.3 Å². The first-order chi connectivity index (χ1) is 10.2. The van der Waals surface area contributed by atoms with Crippen molar-refractivity contribution in [3.63, 3.8) is 0 Å². The normalized spacial score (nSPS) is 22.0. The molecule has 1 aliphatic heterocycles. The molecule has 0 radical (unpaired) electrons. The number of nitrogens with zero attached hydrogens (tertiary/aromatic N) is 1. The lowest BCUT2D eigenvalue weighted by Gasteiger charge is -2.14. The number of nitrogens with one attached hydrogen (secondary N) is 1. The molecule has 2 heterocycles. The molecular formula is C17H26N2O2. The van der Waals surface area contributed by atoms with Crippen LogP contribution in [0.5, 0.6) is 5.88 Å². The first kappa shape index (κ1) is 14.8. The fourth-order valence-corrected chi connectivity index (χ4v) is 2.52. The van der Waals surface area contributed by atoms with Crippen molar-refractivity contribution in [2.45, 2.75) is 51.6 Å². The minimum atomic E-state index is 0.419. The van der Waals surface area contributed by atoms with Gasteiger partial charge >= 0.3 is 0 Å². The Morgan fingerprint density at radius 2 is 2.19 bits per heavy atom. The van der Waals surface area contributed by atoms with Crippen molar-refractivity contribution in [3.05, 3.63) is 23.4 Å². The molecule has 0 spiro atoms. The predicted octanol–water partition coefficient (Wildman–Crippen LogP) is 2.87. The highest BCUT2D eigenvalue weighted by Crippen LogP contribution is 2.23. The highest BCUT2D eigenvalue weighted by Gasteiger charge is 2.21. The summed E-state index contributed by atoms with van der Waals surface area (Å²) in [5, 5.41) is 3.56. The Hall–Kier alpha value is -1.13. The molecule has 1 unspecified atom stereocenters. The van der Waals surface area contributed by atoms with E-state index in [1.165, 1.54) is 18.4 Å². The summed E-state index contributed by atoms with van der Waals surface area (Å²) >= 11 is 0. The topological polar surface area (TPSA) is 43.4 Å². The Bertz CT molecular complexity index is 466. The van der Waals surface area contributed by atoms with Gasteiger partial charge in [0.05, 0.1) is 13.2 Å². The van der Waals surface area contributed by atoms with Crippen molar-refractivity contribution >= 4 is 0 Å². The number of pyridine rings is 1. The SMILES string of the molecule is CC(C)c1cc(CNC2CC2)cc(OCC2CCOC2)n1. The molecule has 4 nitrogen and oxygen atoms in total. The lowest BCUT2D eigenvalue weighted by Crippen LogP contribution is -2.17. The molecule has 0 bridgehead atoms. The average molecular weight is 290 g/mol. The monoisotopic (exact) mass is 290 g/mol. The summed E-state index contributed by atoms with van der Waals surface area (Å²) < 4.78 is 11.3. The second-order valence-corrected chi connectivity index (χ2v) is 6.59. The van der Waals surface area contributed by atoms with Gasteiger partial charge in [0.2, 0.25) is 5.88 Å². The van der Waals surface area contributed by atoms with Crippen LogP contribution >= 0.6 is 0 Å². The van der Waals surface area contributed by atoms with Crippen LogP contribution in [0.2, 0.25) is 0 Å². The molecule has 0 aromatic carbocycles. The fraction of sp³-hybridized carbons (Fsp3) is 0.706. The molecular weight excluding hydrogens is 264 g/mol. The van der Waals surface area contributed by atoms with Crippen molar-refractivity contribution in [2.24, 2.45) is 5.92 Å². The van der Waals surface area contributed by atoms with Crippen molar-refractivity contribution < 1.29 is 9.47 Å². The molecule has 1 N–H and O–H groups in total. The van der Waals surface area contributed by atoms with E-state index in [2.05, 4.69) is 36.3 Å². The molecule has 0 amide bonds. The molecule has 3 rings (SSSR count). The smallest absolute Gasteiger partial charge is 0.213 e. The quantitative estimate of drug-likeness (QED) is 0.838. The fourth-order valence-electron chi connectivity index (χ4n) is 2.52. The van der Waals surface area contributed by atoms with Gasteiger partial charge in [0.1, 0.15) is 0 Å². The van der Waals surface area contributed by atoms with E-state index in [0.717, 1.165) is 43.8 Å². The summed E-state index contributed by atoms with van der Waals surface area (Å²) in [6.45, 7) is 7.66. The Morgan fingerprint density at radius 3 is 2.86 bits per heavy atom. The van der Waals surface area contributed by atoms with Gasteiger partial charge in [0, 0.05) is 36.9 Å². The van der Waals surface area contributed by atoms with Gasteiger partial charge in [-0.05, 0) is 36.8 Å². The second kappa shape index (κ2) is 6.75. The van der Waals surface area contributed by atoms with Gasteiger partial charge in [-0.1, -0.05) is 13.8 Å². The average Bonchev–Trinajstić information content (AvgIpc) is 3.16. The molecule has 1 saturated carbocycles. The zero-order chi connectivity index (χ0) is 14.7. The zero-order valence-corrected chi connectivity index (χ0v) is 13.1. The van der Waals surface area contributed by atoms with Crippen molar-refractivity contribution in [1.29, 1.82) is 0 Å². The zero-order valence-electron chi connectivity index (χ0n) is 13.1. The molecule has 2 fully saturated rings. The van der Waals surface area contributed by atoms with Gasteiger partial charge < -0.3 is 14.8 Å². The summed E-state index contributed by atoms with van der Waals surface area (Å²) in [6, 6.07) is 5.00. The standard InChI is InChI=1S/C17H26N2O2/c1-12(2)16-7-14(9-18-15-3-4-15)8-17(19-16)21-11-13-5-6-20-10-13/h7-8,12-13,15,18H,3-6,9-11H2,1-2H3. The Kier molecular flexibility index (Phi) is 4.76. The number of hydrogen-bond donors (Lipinski definition) is 1. The molecule has 4 heteroatoms. The van der Waals surface area contributed by atoms with Crippen LogP contribution in [0, 0.1) is 5.92 Å². The number of rotatable bonds is 7. The largest absolute Gasteiger partial charge is 0.477 e. The summed E-state index contributed by atoms with van der Waals surface area (Å²) in [4.78, 5) is 4.65. The van der Waals surface area contributed by atoms with Gasteiger partial charge in [0.15, 0.2) is 0 Å². The maximum atomic E-state index is 5.92. The van der Waals surface area contributed by atoms with E-state index in [1.807, 2.05) is 0 Å². The molecule has 1 atom stereocenters. The lowest BCUT2D eigenvalue weighted by molar-refractivity contribution is 0.165. The molecule has 1 aliphatic carbocycles. The number of aromatic nitrogens is 1. The lowest BCUT2D eigenvalue weighted by atomic mass is 10.1. The predicted molar refractivity (Wildman–Crippen MR) is 82.6 cm³/mol. The van der Waals surface area contributed by atoms with Gasteiger partial charge in [-0.2, -0.15) is 0 Å². The first-order valence-electron chi connectivity index (χ1n) is 8.15. The summed E-state index contributed by atoms with van der Waals surface area (Å²) in [6.07, 6.45) is 3.72. The Morgan fingerprint density at radius 1 is 1.33 bits per heavy atom. The third kappa shape index (κ3) is 4.42. The molecule has 21 heavy (non-hydrogen) atoms. The highest BCUT2D eigenvalue weighted by molar-refractivity contribution is 5.27. The summed E-state index contributed by atoms with van der Waals surface area (Å²) in [7, 11) is 0. The van der Waals surface area contributed by atoms with Crippen LogP contribution in [-0.2, 0) is 11.3 Å². The van der Waals surface area contributed by atoms with E-state index >= 15 is 0 Å². The van der Waals surface area contributed by atoms with Crippen molar-refractivity contribution in [3.8, 4) is 5.88 Å². The molecule has 116 valence electrons. The van der Waals surface area contributed by atoms with Crippen LogP contribution in [0.15, 0.2) is 12.1 Å². The van der Waals surface area contributed by atoms with E-state index in [1.54, 1.807) is 0 Å². The third-order valence-electron chi connectivity index (χ3n) is 4.14. The highest BCUT2D eigenvalue weighted by atomic mass is 16.5. The Labute approximate surface area is 127 Å². The van der Waals surface area contributed by atoms with E-state index < -0.39 is 0 Å². The molecule has 1 saturated heterocycles. The van der Waals surface area contributed by atoms with Crippen LogP contribution in [-0.4, -0.2) is 30.8 Å². The van der Waals surface area contributed by atoms with Crippen LogP contribution in [0.4, 0.5) is 0 Å². The van der Waals surface area contributed by atoms with Crippen LogP contribution < -0.4 is 10.1 Å². The first-order valence-corrected chi connectivity index (χ1v) is 8.15. The van der Waals surface area contributed by atoms with E-state index in [9.17, 15) is 0 Å². The van der Waals surface area contributed by atoms with Gasteiger partial charge in [-0.15, -0.1) is 0 Å².